The van der Waals surface area contributed by atoms with E-state index in [4.69, 9.17) is 0 Å². The topological polar surface area (TPSA) is 15.3 Å². The molecule has 4 aromatic carbocycles. The first kappa shape index (κ1) is 24.9. The van der Waals surface area contributed by atoms with Gasteiger partial charge in [0.1, 0.15) is 0 Å². The molecule has 3 aliphatic heterocycles. The normalized spacial score (nSPS) is 24.3. The third-order valence-electron chi connectivity index (χ3n) is 10.4. The molecule has 3 heteroatoms. The number of para-hydroxylation sites is 1. The Hall–Kier alpha value is -4.47. The van der Waals surface area contributed by atoms with E-state index in [9.17, 15) is 0 Å². The molecule has 3 atom stereocenters. The number of allylic oxidation sites excluding steroid dienone is 7. The third kappa shape index (κ3) is 3.56. The first-order valence-electron chi connectivity index (χ1n) is 16.0. The molecule has 0 saturated carbocycles. The van der Waals surface area contributed by atoms with Crippen LogP contribution >= 0.6 is 11.8 Å². The number of aryl methyl sites for hydroxylation is 1. The quantitative estimate of drug-likeness (QED) is 0.236. The molecule has 0 radical (unpaired) electrons. The van der Waals surface area contributed by atoms with Crippen molar-refractivity contribution in [1.29, 1.82) is 0 Å². The maximum atomic E-state index is 3.81. The molecule has 4 aromatic rings. The number of nitrogens with one attached hydrogen (secondary N) is 1. The lowest BCUT2D eigenvalue weighted by molar-refractivity contribution is 0.724. The van der Waals surface area contributed by atoms with Gasteiger partial charge < -0.3 is 10.2 Å². The molecule has 0 spiro atoms. The number of dihydropyridines is 1. The number of hydrogen-bond acceptors (Lipinski definition) is 3. The van der Waals surface area contributed by atoms with Gasteiger partial charge in [0, 0.05) is 39.7 Å². The number of thioether (sulfide) groups is 1. The molecular formula is C41H32N2S. The van der Waals surface area contributed by atoms with Crippen LogP contribution in [0.15, 0.2) is 137 Å². The summed E-state index contributed by atoms with van der Waals surface area (Å²) in [6.45, 7) is 0.896. The van der Waals surface area contributed by atoms with Crippen LogP contribution in [0.5, 0.6) is 0 Å². The average Bonchev–Trinajstić information content (AvgIpc) is 3.63. The van der Waals surface area contributed by atoms with Crippen molar-refractivity contribution in [2.24, 2.45) is 0 Å². The van der Waals surface area contributed by atoms with Gasteiger partial charge in [0.2, 0.25) is 0 Å². The molecule has 44 heavy (non-hydrogen) atoms. The van der Waals surface area contributed by atoms with Crippen molar-refractivity contribution in [3.63, 3.8) is 0 Å². The highest BCUT2D eigenvalue weighted by atomic mass is 32.2. The summed E-state index contributed by atoms with van der Waals surface area (Å²) in [5.41, 5.74) is 12.5. The molecule has 0 fully saturated rings. The number of anilines is 1. The molecule has 0 bridgehead atoms. The second-order valence-corrected chi connectivity index (χ2v) is 14.0. The fourth-order valence-corrected chi connectivity index (χ4v) is 9.70. The predicted octanol–water partition coefficient (Wildman–Crippen LogP) is 9.58. The van der Waals surface area contributed by atoms with Crippen LogP contribution in [0, 0.1) is 0 Å². The summed E-state index contributed by atoms with van der Waals surface area (Å²) >= 11 is 2.06. The molecule has 3 heterocycles. The van der Waals surface area contributed by atoms with Gasteiger partial charge in [-0.1, -0.05) is 97.1 Å². The van der Waals surface area contributed by atoms with Gasteiger partial charge in [-0.2, -0.15) is 0 Å². The van der Waals surface area contributed by atoms with E-state index >= 15 is 0 Å². The number of hydrogen-bond donors (Lipinski definition) is 1. The molecule has 0 saturated heterocycles. The van der Waals surface area contributed by atoms with Crippen molar-refractivity contribution in [3.8, 4) is 0 Å². The van der Waals surface area contributed by atoms with Crippen LogP contribution in [0.1, 0.15) is 41.0 Å². The van der Waals surface area contributed by atoms with Crippen molar-refractivity contribution >= 4 is 50.8 Å². The van der Waals surface area contributed by atoms with Crippen LogP contribution in [0.3, 0.4) is 0 Å². The second-order valence-electron chi connectivity index (χ2n) is 12.7. The van der Waals surface area contributed by atoms with Crippen LogP contribution in [-0.4, -0.2) is 17.8 Å². The molecule has 3 unspecified atom stereocenters. The Bertz CT molecular complexity index is 2150. The highest BCUT2D eigenvalue weighted by Crippen LogP contribution is 2.51. The van der Waals surface area contributed by atoms with Crippen molar-refractivity contribution in [2.75, 3.05) is 11.4 Å². The molecule has 212 valence electrons. The summed E-state index contributed by atoms with van der Waals surface area (Å²) < 4.78 is 0. The van der Waals surface area contributed by atoms with Crippen LogP contribution < -0.4 is 10.2 Å². The van der Waals surface area contributed by atoms with E-state index in [0.717, 1.165) is 25.8 Å². The van der Waals surface area contributed by atoms with Gasteiger partial charge in [-0.05, 0) is 98.5 Å². The van der Waals surface area contributed by atoms with E-state index in [1.165, 1.54) is 76.9 Å². The average molecular weight is 585 g/mol. The van der Waals surface area contributed by atoms with Crippen LogP contribution in [0.25, 0.3) is 33.3 Å². The van der Waals surface area contributed by atoms with Gasteiger partial charge in [-0.25, -0.2) is 0 Å². The minimum Gasteiger partial charge on any atom is -0.380 e. The summed E-state index contributed by atoms with van der Waals surface area (Å²) in [5.74, 6) is 0.414. The zero-order valence-electron chi connectivity index (χ0n) is 24.5. The first-order chi connectivity index (χ1) is 21.8. The van der Waals surface area contributed by atoms with Crippen LogP contribution in [0.4, 0.5) is 5.69 Å². The summed E-state index contributed by atoms with van der Waals surface area (Å²) in [5, 5.41) is 9.80. The van der Waals surface area contributed by atoms with Crippen molar-refractivity contribution < 1.29 is 0 Å². The fourth-order valence-electron chi connectivity index (χ4n) is 8.39. The molecule has 1 N–H and O–H groups in total. The largest absolute Gasteiger partial charge is 0.380 e. The lowest BCUT2D eigenvalue weighted by Gasteiger charge is -2.32. The minimum atomic E-state index is 0.340. The first-order valence-corrected chi connectivity index (χ1v) is 16.8. The number of nitrogens with zero attached hydrogens (tertiary/aromatic N) is 1. The lowest BCUT2D eigenvalue weighted by atomic mass is 9.85. The Kier molecular flexibility index (Phi) is 5.39. The van der Waals surface area contributed by atoms with E-state index < -0.39 is 0 Å². The van der Waals surface area contributed by atoms with E-state index in [2.05, 4.69) is 143 Å². The van der Waals surface area contributed by atoms with Gasteiger partial charge in [0.15, 0.2) is 0 Å². The maximum absolute atomic E-state index is 3.81. The van der Waals surface area contributed by atoms with E-state index in [-0.39, 0.29) is 0 Å². The summed E-state index contributed by atoms with van der Waals surface area (Å²) in [6.07, 6.45) is 24.6. The smallest absolute Gasteiger partial charge is 0.0629 e. The molecule has 10 rings (SSSR count). The zero-order valence-corrected chi connectivity index (χ0v) is 25.3. The molecule has 0 aromatic heterocycles. The standard InChI is InChI=1S/C41H32N2S/c1-2-11-29-27(9-1)28-10-3-4-12-30(28)34-21-25(17-19-31(29)34)37-23-36-35-22-26(18-20-40(35)44-41(36)24-42-37)43-38-15-7-5-13-32(38)33-14-6-8-16-39(33)43/h1-2,4-9,11-19,21-23,32,38,40,42H,3,10,20,24H2. The van der Waals surface area contributed by atoms with Gasteiger partial charge in [-0.15, -0.1) is 11.8 Å². The Morgan fingerprint density at radius 3 is 2.68 bits per heavy atom. The second kappa shape index (κ2) is 9.51. The van der Waals surface area contributed by atoms with Gasteiger partial charge in [0.05, 0.1) is 6.04 Å². The summed E-state index contributed by atoms with van der Waals surface area (Å²) in [7, 11) is 0. The zero-order chi connectivity index (χ0) is 28.8. The summed E-state index contributed by atoms with van der Waals surface area (Å²) in [4.78, 5) is 4.06. The third-order valence-corrected chi connectivity index (χ3v) is 11.8. The molecule has 2 nitrogen and oxygen atoms in total. The Labute approximate surface area is 262 Å². The molecule has 6 aliphatic rings. The predicted molar refractivity (Wildman–Crippen MR) is 188 cm³/mol. The van der Waals surface area contributed by atoms with Crippen molar-refractivity contribution in [2.45, 2.75) is 36.5 Å². The van der Waals surface area contributed by atoms with Crippen LogP contribution in [-0.2, 0) is 6.42 Å². The fraction of sp³-hybridized carbons (Fsp3) is 0.171. The number of fused-ring (bicyclic) bond motifs is 11. The van der Waals surface area contributed by atoms with Crippen molar-refractivity contribution in [1.82, 2.24) is 5.32 Å². The van der Waals surface area contributed by atoms with Gasteiger partial charge in [0.25, 0.3) is 0 Å². The van der Waals surface area contributed by atoms with Gasteiger partial charge in [-0.3, -0.25) is 0 Å². The van der Waals surface area contributed by atoms with E-state index in [1.54, 1.807) is 0 Å². The Morgan fingerprint density at radius 1 is 0.841 bits per heavy atom. The van der Waals surface area contributed by atoms with Crippen molar-refractivity contribution in [3.05, 3.63) is 159 Å². The highest BCUT2D eigenvalue weighted by Gasteiger charge is 2.40. The van der Waals surface area contributed by atoms with E-state index in [0.29, 0.717) is 17.2 Å². The van der Waals surface area contributed by atoms with Gasteiger partial charge >= 0.3 is 0 Å². The monoisotopic (exact) mass is 584 g/mol. The molecule has 0 amide bonds. The van der Waals surface area contributed by atoms with Crippen LogP contribution in [0.2, 0.25) is 0 Å². The molecule has 3 aliphatic carbocycles. The minimum absolute atomic E-state index is 0.340. The number of benzene rings is 4. The highest BCUT2D eigenvalue weighted by molar-refractivity contribution is 8.04. The number of rotatable bonds is 2. The SMILES string of the molecule is C1=CC2c3ccccc3N(C3=CCC4SC5=C(C=C(c6ccc7c(c6)c6c(c8ccccc87)CCC=C6)NC5)C4=C3)C2C=C1. The Balaban J connectivity index is 1.05. The van der Waals surface area contributed by atoms with E-state index in [1.807, 2.05) is 0 Å². The maximum Gasteiger partial charge on any atom is 0.0629 e. The summed E-state index contributed by atoms with van der Waals surface area (Å²) in [6, 6.07) is 25.4. The Morgan fingerprint density at radius 2 is 1.70 bits per heavy atom. The molecular weight excluding hydrogens is 553 g/mol. The lowest BCUT2D eigenvalue weighted by Crippen LogP contribution is -2.32.